The fourth-order valence-corrected chi connectivity index (χ4v) is 9.41. The zero-order valence-electron chi connectivity index (χ0n) is 37.9. The number of nitrogens with two attached hydrogens (primary N) is 1. The van der Waals surface area contributed by atoms with Crippen LogP contribution in [0, 0.1) is 6.92 Å². The lowest BCUT2D eigenvalue weighted by Crippen LogP contribution is -2.48. The fourth-order valence-electron chi connectivity index (χ4n) is 9.41. The molecule has 6 aromatic rings. The maximum atomic E-state index is 13.7. The average molecular weight is 891 g/mol. The van der Waals surface area contributed by atoms with Gasteiger partial charge in [-0.1, -0.05) is 30.4 Å². The lowest BCUT2D eigenvalue weighted by atomic mass is 9.97. The number of aryl methyl sites for hydroxylation is 1. The van der Waals surface area contributed by atoms with Crippen LogP contribution in [0.5, 0.6) is 0 Å². The normalized spacial score (nSPS) is 17.2. The highest BCUT2D eigenvalue weighted by atomic mass is 16.5. The Balaban J connectivity index is 0.665. The summed E-state index contributed by atoms with van der Waals surface area (Å²) in [7, 11) is 0. The quantitative estimate of drug-likeness (QED) is 0.161. The van der Waals surface area contributed by atoms with E-state index in [1.165, 1.54) is 23.1 Å². The predicted molar refractivity (Wildman–Crippen MR) is 254 cm³/mol. The van der Waals surface area contributed by atoms with Crippen LogP contribution in [0.25, 0.3) is 28.4 Å². The molecule has 0 unspecified atom stereocenters. The van der Waals surface area contributed by atoms with E-state index in [2.05, 4.69) is 79.1 Å². The van der Waals surface area contributed by atoms with Gasteiger partial charge in [0.1, 0.15) is 17.8 Å². The van der Waals surface area contributed by atoms with Crippen LogP contribution in [-0.4, -0.2) is 157 Å². The van der Waals surface area contributed by atoms with Gasteiger partial charge >= 0.3 is 0 Å². The molecule has 0 spiro atoms. The number of pyridine rings is 1. The van der Waals surface area contributed by atoms with Crippen LogP contribution < -0.4 is 20.9 Å². The molecular formula is C48H58N16O2. The van der Waals surface area contributed by atoms with Gasteiger partial charge < -0.3 is 30.5 Å². The summed E-state index contributed by atoms with van der Waals surface area (Å²) in [5.41, 5.74) is 16.9. The fraction of sp³-hybridized carbons (Fsp3) is 0.438. The standard InChI is InChI=1S/C48H58N16O2/c1-3-4-35-24-38(26-51-33(35)2)43-42-44(49)55-32-56-45(42)64(58-43)30-34-5-6-37-31-63(10-8-36(37)23-34)46(65)40-28-52-47(53-29-40)61-15-11-59(12-16-61)19-21-66-22-20-60-13-17-62(18-14-60)48-54-27-39-25-50-9-7-41(39)57-48/h3-6,23-24,26-29,32,50H,7-22,25,30-31H2,1-2H3,(H2,49,55,56)/b4-3-. The second-order valence-electron chi connectivity index (χ2n) is 17.6. The van der Waals surface area contributed by atoms with Crippen LogP contribution in [0.3, 0.4) is 0 Å². The Morgan fingerprint density at radius 3 is 2.30 bits per heavy atom. The van der Waals surface area contributed by atoms with Crippen molar-refractivity contribution in [3.8, 4) is 11.3 Å². The second kappa shape index (κ2) is 19.6. The highest BCUT2D eigenvalue weighted by molar-refractivity contribution is 5.98. The molecule has 0 atom stereocenters. The van der Waals surface area contributed by atoms with E-state index < -0.39 is 0 Å². The molecule has 5 aromatic heterocycles. The van der Waals surface area contributed by atoms with Crippen LogP contribution in [0.15, 0.2) is 61.5 Å². The van der Waals surface area contributed by atoms with E-state index in [0.29, 0.717) is 60.3 Å². The molecule has 0 radical (unpaired) electrons. The summed E-state index contributed by atoms with van der Waals surface area (Å²) in [5.74, 6) is 1.85. The van der Waals surface area contributed by atoms with Gasteiger partial charge in [0.05, 0.1) is 36.4 Å². The number of hydrogen-bond donors (Lipinski definition) is 2. The first kappa shape index (κ1) is 43.4. The van der Waals surface area contributed by atoms with Gasteiger partial charge in [0.2, 0.25) is 11.9 Å². The van der Waals surface area contributed by atoms with E-state index >= 15 is 0 Å². The molecule has 10 rings (SSSR count). The van der Waals surface area contributed by atoms with E-state index in [4.69, 9.17) is 20.6 Å². The van der Waals surface area contributed by atoms with E-state index in [1.54, 1.807) is 12.4 Å². The molecule has 9 heterocycles. The minimum atomic E-state index is -0.0582. The first-order chi connectivity index (χ1) is 32.4. The van der Waals surface area contributed by atoms with E-state index in [0.717, 1.165) is 132 Å². The van der Waals surface area contributed by atoms with E-state index in [9.17, 15) is 4.79 Å². The molecule has 1 amide bonds. The summed E-state index contributed by atoms with van der Waals surface area (Å²) in [6.45, 7) is 18.1. The zero-order chi connectivity index (χ0) is 45.0. The Kier molecular flexibility index (Phi) is 12.9. The van der Waals surface area contributed by atoms with Gasteiger partial charge in [-0.3, -0.25) is 19.6 Å². The van der Waals surface area contributed by atoms with Crippen molar-refractivity contribution in [3.05, 3.63) is 106 Å². The average Bonchev–Trinajstić information content (AvgIpc) is 3.73. The van der Waals surface area contributed by atoms with Crippen molar-refractivity contribution in [3.63, 3.8) is 0 Å². The molecule has 0 aliphatic carbocycles. The third-order valence-corrected chi connectivity index (χ3v) is 13.3. The molecule has 0 saturated carbocycles. The van der Waals surface area contributed by atoms with Gasteiger partial charge in [-0.15, -0.1) is 0 Å². The number of ether oxygens (including phenoxy) is 1. The summed E-state index contributed by atoms with van der Waals surface area (Å²) >= 11 is 0. The molecule has 0 bridgehead atoms. The number of carbonyl (C=O) groups is 1. The largest absolute Gasteiger partial charge is 0.383 e. The van der Waals surface area contributed by atoms with Crippen LogP contribution in [0.1, 0.15) is 56.5 Å². The lowest BCUT2D eigenvalue weighted by molar-refractivity contribution is 0.0734. The summed E-state index contributed by atoms with van der Waals surface area (Å²) < 4.78 is 7.97. The number of amides is 1. The molecular weight excluding hydrogens is 833 g/mol. The SMILES string of the molecule is C/C=C\c1cc(-c2nn(Cc3ccc4c(c3)CCN(C(=O)c3cnc(N5CCN(CCOCCN6CCN(c7ncc8c(n7)CCNC8)CC6)CC5)nc3)C4)c3ncnc(N)c23)cnc1C. The summed E-state index contributed by atoms with van der Waals surface area (Å²) in [4.78, 5) is 57.3. The Hall–Kier alpha value is -6.47. The number of piperazine rings is 2. The number of nitrogen functional groups attached to an aromatic ring is 1. The molecule has 18 heteroatoms. The van der Waals surface area contributed by atoms with Gasteiger partial charge in [-0.25, -0.2) is 34.6 Å². The number of benzene rings is 1. The Morgan fingerprint density at radius 2 is 1.55 bits per heavy atom. The van der Waals surface area contributed by atoms with Crippen LogP contribution >= 0.6 is 0 Å². The summed E-state index contributed by atoms with van der Waals surface area (Å²) in [6.07, 6.45) is 14.4. The van der Waals surface area contributed by atoms with Gasteiger partial charge in [-0.05, 0) is 48.6 Å². The number of rotatable bonds is 13. The number of allylic oxidation sites excluding steroid dienone is 1. The number of aromatic nitrogens is 9. The number of nitrogens with one attached hydrogen (secondary N) is 1. The molecule has 2 fully saturated rings. The Labute approximate surface area is 384 Å². The molecule has 342 valence electrons. The Bertz CT molecular complexity index is 2710. The van der Waals surface area contributed by atoms with Gasteiger partial charge in [-0.2, -0.15) is 5.10 Å². The third-order valence-electron chi connectivity index (χ3n) is 13.3. The monoisotopic (exact) mass is 890 g/mol. The second-order valence-corrected chi connectivity index (χ2v) is 17.6. The van der Waals surface area contributed by atoms with Crippen molar-refractivity contribution < 1.29 is 9.53 Å². The summed E-state index contributed by atoms with van der Waals surface area (Å²) in [6, 6.07) is 8.51. The number of carbonyl (C=O) groups excluding carboxylic acids is 1. The zero-order valence-corrected chi connectivity index (χ0v) is 37.9. The minimum absolute atomic E-state index is 0.0582. The maximum absolute atomic E-state index is 13.7. The van der Waals surface area contributed by atoms with Crippen molar-refractivity contribution in [2.45, 2.75) is 46.3 Å². The molecule has 18 nitrogen and oxygen atoms in total. The topological polar surface area (TPSA) is 189 Å². The van der Waals surface area contributed by atoms with Crippen molar-refractivity contribution in [1.29, 1.82) is 0 Å². The van der Waals surface area contributed by atoms with Gasteiger partial charge in [0, 0.05) is 140 Å². The highest BCUT2D eigenvalue weighted by Crippen LogP contribution is 2.32. The van der Waals surface area contributed by atoms with Crippen LogP contribution in [0.4, 0.5) is 17.7 Å². The summed E-state index contributed by atoms with van der Waals surface area (Å²) in [5, 5.41) is 9.10. The number of nitrogens with zero attached hydrogens (tertiary/aromatic N) is 14. The smallest absolute Gasteiger partial charge is 0.257 e. The van der Waals surface area contributed by atoms with Crippen molar-refractivity contribution in [2.75, 3.05) is 107 Å². The number of anilines is 3. The molecule has 4 aliphatic rings. The van der Waals surface area contributed by atoms with E-state index in [-0.39, 0.29) is 5.91 Å². The molecule has 4 aliphatic heterocycles. The predicted octanol–water partition coefficient (Wildman–Crippen LogP) is 3.25. The molecule has 66 heavy (non-hydrogen) atoms. The van der Waals surface area contributed by atoms with Crippen LogP contribution in [-0.2, 0) is 37.2 Å². The molecule has 2 saturated heterocycles. The van der Waals surface area contributed by atoms with Gasteiger partial charge in [0.25, 0.3) is 5.91 Å². The third kappa shape index (κ3) is 9.44. The highest BCUT2D eigenvalue weighted by Gasteiger charge is 2.26. The van der Waals surface area contributed by atoms with Crippen molar-refractivity contribution in [2.24, 2.45) is 0 Å². The van der Waals surface area contributed by atoms with Crippen molar-refractivity contribution >= 4 is 40.7 Å². The molecule has 1 aromatic carbocycles. The van der Waals surface area contributed by atoms with Crippen molar-refractivity contribution in [1.82, 2.24) is 64.7 Å². The minimum Gasteiger partial charge on any atom is -0.383 e. The Morgan fingerprint density at radius 1 is 0.803 bits per heavy atom. The van der Waals surface area contributed by atoms with E-state index in [1.807, 2.05) is 48.0 Å². The van der Waals surface area contributed by atoms with Gasteiger partial charge in [0.15, 0.2) is 5.65 Å². The maximum Gasteiger partial charge on any atom is 0.257 e. The molecule has 3 N–H and O–H groups in total. The van der Waals surface area contributed by atoms with Crippen LogP contribution in [0.2, 0.25) is 0 Å². The first-order valence-corrected chi connectivity index (χ1v) is 23.2. The lowest BCUT2D eigenvalue weighted by Gasteiger charge is -2.35. The number of hydrogen-bond acceptors (Lipinski definition) is 16. The number of fused-ring (bicyclic) bond motifs is 3. The first-order valence-electron chi connectivity index (χ1n) is 23.2.